The first-order valence-electron chi connectivity index (χ1n) is 9.72. The lowest BCUT2D eigenvalue weighted by Crippen LogP contribution is -2.34. The predicted molar refractivity (Wildman–Crippen MR) is 115 cm³/mol. The Labute approximate surface area is 182 Å². The van der Waals surface area contributed by atoms with E-state index in [1.165, 1.54) is 29.5 Å². The van der Waals surface area contributed by atoms with Gasteiger partial charge in [-0.15, -0.1) is 0 Å². The van der Waals surface area contributed by atoms with Gasteiger partial charge in [-0.05, 0) is 48.7 Å². The summed E-state index contributed by atoms with van der Waals surface area (Å²) in [7, 11) is 0. The van der Waals surface area contributed by atoms with Crippen molar-refractivity contribution in [2.75, 3.05) is 6.54 Å². The van der Waals surface area contributed by atoms with Crippen LogP contribution in [0.15, 0.2) is 39.7 Å². The third-order valence-corrected chi connectivity index (χ3v) is 6.59. The van der Waals surface area contributed by atoms with Gasteiger partial charge in [-0.1, -0.05) is 30.9 Å². The second-order valence-corrected chi connectivity index (χ2v) is 8.82. The lowest BCUT2D eigenvalue weighted by Gasteiger charge is -2.25. The van der Waals surface area contributed by atoms with E-state index < -0.39 is 4.92 Å². The molecule has 1 aliphatic carbocycles. The molecule has 7 nitrogen and oxygen atoms in total. The van der Waals surface area contributed by atoms with Crippen molar-refractivity contribution in [1.82, 2.24) is 4.90 Å². The molecule has 0 N–H and O–H groups in total. The zero-order chi connectivity index (χ0) is 21.3. The standard InChI is InChI=1S/C21H19ClN2O5S/c22-17-10-14(24(27)28)6-8-16(17)18-9-7-15(29-18)11-19-20(25)23(21(26)30-19)12-13-4-2-1-3-5-13/h6-11,13H,1-5,12H2/b19-11+. The van der Waals surface area contributed by atoms with E-state index in [2.05, 4.69) is 0 Å². The second kappa shape index (κ2) is 8.65. The number of halogens is 1. The third-order valence-electron chi connectivity index (χ3n) is 5.37. The van der Waals surface area contributed by atoms with Crippen molar-refractivity contribution in [2.24, 2.45) is 5.92 Å². The number of benzene rings is 1. The first-order valence-corrected chi connectivity index (χ1v) is 10.9. The molecule has 2 aromatic rings. The van der Waals surface area contributed by atoms with Crippen LogP contribution in [0.25, 0.3) is 17.4 Å². The number of rotatable bonds is 5. The van der Waals surface area contributed by atoms with Crippen LogP contribution in [0.4, 0.5) is 10.5 Å². The van der Waals surface area contributed by atoms with Crippen molar-refractivity contribution in [3.63, 3.8) is 0 Å². The molecule has 1 saturated heterocycles. The van der Waals surface area contributed by atoms with Crippen molar-refractivity contribution in [2.45, 2.75) is 32.1 Å². The van der Waals surface area contributed by atoms with Gasteiger partial charge in [0.2, 0.25) is 0 Å². The number of nitro groups is 1. The number of carbonyl (C=O) groups excluding carboxylic acids is 2. The Balaban J connectivity index is 1.50. The molecule has 2 heterocycles. The molecule has 2 aliphatic rings. The third kappa shape index (κ3) is 4.29. The van der Waals surface area contributed by atoms with Crippen LogP contribution in [0.1, 0.15) is 37.9 Å². The predicted octanol–water partition coefficient (Wildman–Crippen LogP) is 6.12. The second-order valence-electron chi connectivity index (χ2n) is 7.42. The molecule has 156 valence electrons. The molecule has 1 aromatic carbocycles. The molecule has 0 radical (unpaired) electrons. The largest absolute Gasteiger partial charge is 0.457 e. The highest BCUT2D eigenvalue weighted by Crippen LogP contribution is 2.36. The van der Waals surface area contributed by atoms with Gasteiger partial charge in [-0.2, -0.15) is 0 Å². The molecule has 0 bridgehead atoms. The van der Waals surface area contributed by atoms with Gasteiger partial charge in [0.25, 0.3) is 16.8 Å². The number of carbonyl (C=O) groups is 2. The Morgan fingerprint density at radius 3 is 2.67 bits per heavy atom. The molecular weight excluding hydrogens is 428 g/mol. The summed E-state index contributed by atoms with van der Waals surface area (Å²) >= 11 is 7.07. The monoisotopic (exact) mass is 446 g/mol. The zero-order valence-corrected chi connectivity index (χ0v) is 17.6. The number of thioether (sulfide) groups is 1. The van der Waals surface area contributed by atoms with E-state index in [1.54, 1.807) is 18.2 Å². The fourth-order valence-corrected chi connectivity index (χ4v) is 4.90. The SMILES string of the molecule is O=C1S/C(=C/c2ccc(-c3ccc([N+](=O)[O-])cc3Cl)o2)C(=O)N1CC1CCCCC1. The van der Waals surface area contributed by atoms with Crippen LogP contribution >= 0.6 is 23.4 Å². The first-order chi connectivity index (χ1) is 14.4. The smallest absolute Gasteiger partial charge is 0.293 e. The molecule has 2 amide bonds. The van der Waals surface area contributed by atoms with Crippen LogP contribution in [-0.4, -0.2) is 27.5 Å². The highest BCUT2D eigenvalue weighted by Gasteiger charge is 2.36. The summed E-state index contributed by atoms with van der Waals surface area (Å²) in [5.74, 6) is 0.915. The molecule has 1 saturated carbocycles. The summed E-state index contributed by atoms with van der Waals surface area (Å²) in [4.78, 5) is 37.1. The van der Waals surface area contributed by atoms with Crippen LogP contribution in [0.5, 0.6) is 0 Å². The number of nitrogens with zero attached hydrogens (tertiary/aromatic N) is 2. The van der Waals surface area contributed by atoms with Crippen molar-refractivity contribution in [3.8, 4) is 11.3 Å². The summed E-state index contributed by atoms with van der Waals surface area (Å²) in [6, 6.07) is 7.46. The fourth-order valence-electron chi connectivity index (χ4n) is 3.81. The summed E-state index contributed by atoms with van der Waals surface area (Å²) in [6.45, 7) is 0.476. The minimum absolute atomic E-state index is 0.109. The maximum absolute atomic E-state index is 12.7. The molecular formula is C21H19ClN2O5S. The van der Waals surface area contributed by atoms with E-state index in [0.717, 1.165) is 37.4 Å². The van der Waals surface area contributed by atoms with E-state index in [0.29, 0.717) is 34.5 Å². The van der Waals surface area contributed by atoms with E-state index in [4.69, 9.17) is 16.0 Å². The van der Waals surface area contributed by atoms with E-state index in [1.807, 2.05) is 0 Å². The van der Waals surface area contributed by atoms with E-state index >= 15 is 0 Å². The van der Waals surface area contributed by atoms with Gasteiger partial charge >= 0.3 is 0 Å². The Kier molecular flexibility index (Phi) is 5.97. The molecule has 0 unspecified atom stereocenters. The minimum Gasteiger partial charge on any atom is -0.457 e. The van der Waals surface area contributed by atoms with Crippen LogP contribution in [0.3, 0.4) is 0 Å². The lowest BCUT2D eigenvalue weighted by atomic mass is 9.89. The number of non-ortho nitro benzene ring substituents is 1. The minimum atomic E-state index is -0.521. The maximum Gasteiger partial charge on any atom is 0.293 e. The Morgan fingerprint density at radius 2 is 1.97 bits per heavy atom. The lowest BCUT2D eigenvalue weighted by molar-refractivity contribution is -0.384. The highest BCUT2D eigenvalue weighted by molar-refractivity contribution is 8.18. The normalized spacial score (nSPS) is 19.1. The van der Waals surface area contributed by atoms with Crippen LogP contribution in [0.2, 0.25) is 5.02 Å². The van der Waals surface area contributed by atoms with Gasteiger partial charge < -0.3 is 4.42 Å². The van der Waals surface area contributed by atoms with Crippen molar-refractivity contribution in [1.29, 1.82) is 0 Å². The van der Waals surface area contributed by atoms with E-state index in [9.17, 15) is 19.7 Å². The van der Waals surface area contributed by atoms with Crippen molar-refractivity contribution < 1.29 is 18.9 Å². The molecule has 4 rings (SSSR count). The average Bonchev–Trinajstić information content (AvgIpc) is 3.29. The van der Waals surface area contributed by atoms with Crippen LogP contribution < -0.4 is 0 Å². The number of amides is 2. The molecule has 0 spiro atoms. The summed E-state index contributed by atoms with van der Waals surface area (Å²) in [6.07, 6.45) is 7.18. The Hall–Kier alpha value is -2.58. The zero-order valence-electron chi connectivity index (χ0n) is 16.0. The van der Waals surface area contributed by atoms with Crippen molar-refractivity contribution >= 4 is 46.3 Å². The molecule has 1 aliphatic heterocycles. The van der Waals surface area contributed by atoms with E-state index in [-0.39, 0.29) is 21.9 Å². The number of nitro benzene ring substituents is 1. The molecule has 30 heavy (non-hydrogen) atoms. The molecule has 9 heteroatoms. The molecule has 0 atom stereocenters. The van der Waals surface area contributed by atoms with Crippen molar-refractivity contribution in [3.05, 3.63) is 56.1 Å². The topological polar surface area (TPSA) is 93.7 Å². The van der Waals surface area contributed by atoms with Gasteiger partial charge in [0.15, 0.2) is 0 Å². The number of hydrogen-bond acceptors (Lipinski definition) is 6. The number of imide groups is 1. The highest BCUT2D eigenvalue weighted by atomic mass is 35.5. The van der Waals surface area contributed by atoms with Gasteiger partial charge in [0, 0.05) is 30.3 Å². The molecule has 2 fully saturated rings. The van der Waals surface area contributed by atoms with Gasteiger partial charge in [0.1, 0.15) is 11.5 Å². The average molecular weight is 447 g/mol. The van der Waals surface area contributed by atoms with Crippen LogP contribution in [0, 0.1) is 16.0 Å². The Bertz CT molecular complexity index is 1040. The van der Waals surface area contributed by atoms with Gasteiger partial charge in [-0.3, -0.25) is 24.6 Å². The maximum atomic E-state index is 12.7. The Morgan fingerprint density at radius 1 is 1.20 bits per heavy atom. The summed E-state index contributed by atoms with van der Waals surface area (Å²) in [5.41, 5.74) is 0.398. The first kappa shape index (κ1) is 20.7. The molecule has 1 aromatic heterocycles. The quantitative estimate of drug-likeness (QED) is 0.311. The van der Waals surface area contributed by atoms with Gasteiger partial charge in [0.05, 0.1) is 14.9 Å². The summed E-state index contributed by atoms with van der Waals surface area (Å²) in [5, 5.41) is 10.8. The van der Waals surface area contributed by atoms with Crippen LogP contribution in [-0.2, 0) is 4.79 Å². The van der Waals surface area contributed by atoms with Gasteiger partial charge in [-0.25, -0.2) is 0 Å². The number of hydrogen-bond donors (Lipinski definition) is 0. The summed E-state index contributed by atoms with van der Waals surface area (Å²) < 4.78 is 5.76. The number of furan rings is 1. The fraction of sp³-hybridized carbons (Fsp3) is 0.333.